The van der Waals surface area contributed by atoms with Crippen LogP contribution in [0.4, 0.5) is 0 Å². The minimum absolute atomic E-state index is 0.414. The molecular weight excluding hydrogens is 246 g/mol. The Hall–Kier alpha value is -0.900. The van der Waals surface area contributed by atoms with E-state index in [2.05, 4.69) is 60.5 Å². The molecule has 0 bridgehead atoms. The summed E-state index contributed by atoms with van der Waals surface area (Å²) in [5, 5.41) is 3.22. The van der Waals surface area contributed by atoms with Crippen molar-refractivity contribution >= 4 is 0 Å². The van der Waals surface area contributed by atoms with Crippen molar-refractivity contribution in [3.8, 4) is 0 Å². The fraction of sp³-hybridized carbons (Fsp3) is 0.647. The van der Waals surface area contributed by atoms with Crippen LogP contribution in [0.25, 0.3) is 0 Å². The number of likely N-dealkylation sites (N-methyl/N-ethyl adjacent to an activating group) is 2. The van der Waals surface area contributed by atoms with Crippen molar-refractivity contribution in [2.45, 2.75) is 37.9 Å². The second-order valence-electron chi connectivity index (χ2n) is 6.49. The molecule has 0 aromatic heterocycles. The van der Waals surface area contributed by atoms with E-state index in [9.17, 15) is 0 Å². The number of rotatable bonds is 7. The third-order valence-corrected chi connectivity index (χ3v) is 4.62. The second kappa shape index (κ2) is 6.70. The molecule has 112 valence electrons. The van der Waals surface area contributed by atoms with Crippen LogP contribution in [0.5, 0.6) is 0 Å². The monoisotopic (exact) mass is 275 g/mol. The Bertz CT molecular complexity index is 424. The molecule has 0 saturated heterocycles. The minimum atomic E-state index is 0.414. The summed E-state index contributed by atoms with van der Waals surface area (Å²) in [6, 6.07) is 8.91. The molecule has 1 aromatic rings. The maximum atomic E-state index is 3.22. The van der Waals surface area contributed by atoms with Crippen molar-refractivity contribution in [1.29, 1.82) is 0 Å². The Balaban J connectivity index is 1.94. The van der Waals surface area contributed by atoms with Crippen LogP contribution in [-0.2, 0) is 13.1 Å². The Labute approximate surface area is 124 Å². The topological polar surface area (TPSA) is 18.5 Å². The molecule has 1 aliphatic carbocycles. The molecule has 0 atom stereocenters. The predicted molar refractivity (Wildman–Crippen MR) is 85.8 cm³/mol. The van der Waals surface area contributed by atoms with Gasteiger partial charge in [-0.1, -0.05) is 24.3 Å². The zero-order valence-corrected chi connectivity index (χ0v) is 13.4. The average molecular weight is 275 g/mol. The minimum Gasteiger partial charge on any atom is -0.316 e. The van der Waals surface area contributed by atoms with Gasteiger partial charge in [0.15, 0.2) is 0 Å². The molecule has 1 aliphatic rings. The number of benzene rings is 1. The third kappa shape index (κ3) is 3.60. The van der Waals surface area contributed by atoms with Crippen LogP contribution in [0, 0.1) is 0 Å². The lowest BCUT2D eigenvalue weighted by molar-refractivity contribution is 0.0259. The van der Waals surface area contributed by atoms with Gasteiger partial charge in [-0.15, -0.1) is 0 Å². The predicted octanol–water partition coefficient (Wildman–Crippen LogP) is 2.32. The van der Waals surface area contributed by atoms with E-state index in [4.69, 9.17) is 0 Å². The normalized spacial score (nSPS) is 17.5. The average Bonchev–Trinajstić information content (AvgIpc) is 2.34. The molecule has 2 rings (SSSR count). The lowest BCUT2D eigenvalue weighted by Gasteiger charge is -2.49. The summed E-state index contributed by atoms with van der Waals surface area (Å²) >= 11 is 0. The molecule has 1 fully saturated rings. The second-order valence-corrected chi connectivity index (χ2v) is 6.49. The highest BCUT2D eigenvalue weighted by Gasteiger charge is 2.39. The van der Waals surface area contributed by atoms with E-state index in [-0.39, 0.29) is 0 Å². The van der Waals surface area contributed by atoms with Gasteiger partial charge in [-0.3, -0.25) is 0 Å². The van der Waals surface area contributed by atoms with Crippen molar-refractivity contribution < 1.29 is 0 Å². The van der Waals surface area contributed by atoms with E-state index >= 15 is 0 Å². The van der Waals surface area contributed by atoms with E-state index in [1.54, 1.807) is 0 Å². The molecular formula is C17H29N3. The largest absolute Gasteiger partial charge is 0.316 e. The van der Waals surface area contributed by atoms with Crippen LogP contribution >= 0.6 is 0 Å². The summed E-state index contributed by atoms with van der Waals surface area (Å²) in [6.45, 7) is 3.14. The fourth-order valence-electron chi connectivity index (χ4n) is 3.24. The first-order valence-electron chi connectivity index (χ1n) is 7.64. The molecule has 1 aromatic carbocycles. The van der Waals surface area contributed by atoms with E-state index in [1.165, 1.54) is 30.4 Å². The Morgan fingerprint density at radius 1 is 1.15 bits per heavy atom. The highest BCUT2D eigenvalue weighted by Crippen LogP contribution is 2.36. The van der Waals surface area contributed by atoms with E-state index in [0.717, 1.165) is 19.6 Å². The lowest BCUT2D eigenvalue weighted by Crippen LogP contribution is -2.56. The van der Waals surface area contributed by atoms with Gasteiger partial charge < -0.3 is 15.1 Å². The molecule has 0 unspecified atom stereocenters. The summed E-state index contributed by atoms with van der Waals surface area (Å²) in [5.74, 6) is 0. The van der Waals surface area contributed by atoms with Gasteiger partial charge in [0.25, 0.3) is 0 Å². The summed E-state index contributed by atoms with van der Waals surface area (Å²) in [7, 11) is 8.69. The smallest absolute Gasteiger partial charge is 0.0330 e. The van der Waals surface area contributed by atoms with Crippen molar-refractivity contribution in [2.24, 2.45) is 0 Å². The SMILES string of the molecule is CNCc1cccc(CN(C)CC2(N(C)C)CCC2)c1. The molecule has 0 heterocycles. The van der Waals surface area contributed by atoms with Gasteiger partial charge in [0, 0.05) is 25.2 Å². The molecule has 20 heavy (non-hydrogen) atoms. The van der Waals surface area contributed by atoms with Crippen LogP contribution in [0.15, 0.2) is 24.3 Å². The van der Waals surface area contributed by atoms with Crippen LogP contribution in [0.2, 0.25) is 0 Å². The first-order chi connectivity index (χ1) is 9.55. The summed E-state index contributed by atoms with van der Waals surface area (Å²) in [6.07, 6.45) is 4.05. The molecule has 0 radical (unpaired) electrons. The Kier molecular flexibility index (Phi) is 5.19. The number of hydrogen-bond donors (Lipinski definition) is 1. The van der Waals surface area contributed by atoms with Crippen LogP contribution < -0.4 is 5.32 Å². The molecule has 0 aliphatic heterocycles. The highest BCUT2D eigenvalue weighted by molar-refractivity contribution is 5.23. The fourth-order valence-corrected chi connectivity index (χ4v) is 3.24. The van der Waals surface area contributed by atoms with Crippen molar-refractivity contribution in [3.63, 3.8) is 0 Å². The number of nitrogens with one attached hydrogen (secondary N) is 1. The standard InChI is InChI=1S/C17H29N3/c1-18-12-15-7-5-8-16(11-15)13-20(4)14-17(19(2)3)9-6-10-17/h5,7-8,11,18H,6,9-10,12-14H2,1-4H3. The summed E-state index contributed by atoms with van der Waals surface area (Å²) < 4.78 is 0. The first kappa shape index (κ1) is 15.5. The van der Waals surface area contributed by atoms with Crippen molar-refractivity contribution in [3.05, 3.63) is 35.4 Å². The van der Waals surface area contributed by atoms with E-state index < -0.39 is 0 Å². The zero-order valence-electron chi connectivity index (χ0n) is 13.4. The lowest BCUT2D eigenvalue weighted by atomic mass is 9.75. The Morgan fingerprint density at radius 2 is 1.85 bits per heavy atom. The van der Waals surface area contributed by atoms with Gasteiger partial charge in [0.2, 0.25) is 0 Å². The highest BCUT2D eigenvalue weighted by atomic mass is 15.2. The molecule has 3 heteroatoms. The van der Waals surface area contributed by atoms with E-state index in [0.29, 0.717) is 5.54 Å². The van der Waals surface area contributed by atoms with Gasteiger partial charge >= 0.3 is 0 Å². The maximum Gasteiger partial charge on any atom is 0.0330 e. The summed E-state index contributed by atoms with van der Waals surface area (Å²) in [5.41, 5.74) is 3.19. The van der Waals surface area contributed by atoms with Crippen molar-refractivity contribution in [2.75, 3.05) is 34.7 Å². The van der Waals surface area contributed by atoms with Crippen LogP contribution in [0.1, 0.15) is 30.4 Å². The van der Waals surface area contributed by atoms with Crippen LogP contribution in [-0.4, -0.2) is 50.1 Å². The maximum absolute atomic E-state index is 3.22. The molecule has 1 saturated carbocycles. The van der Waals surface area contributed by atoms with E-state index in [1.807, 2.05) is 7.05 Å². The van der Waals surface area contributed by atoms with Crippen molar-refractivity contribution in [1.82, 2.24) is 15.1 Å². The number of nitrogens with zero attached hydrogens (tertiary/aromatic N) is 2. The van der Waals surface area contributed by atoms with Gasteiger partial charge in [0.1, 0.15) is 0 Å². The third-order valence-electron chi connectivity index (χ3n) is 4.62. The van der Waals surface area contributed by atoms with Gasteiger partial charge in [-0.2, -0.15) is 0 Å². The van der Waals surface area contributed by atoms with Crippen LogP contribution in [0.3, 0.4) is 0 Å². The van der Waals surface area contributed by atoms with Gasteiger partial charge in [-0.25, -0.2) is 0 Å². The summed E-state index contributed by atoms with van der Waals surface area (Å²) in [4.78, 5) is 4.89. The van der Waals surface area contributed by atoms with Gasteiger partial charge in [-0.05, 0) is 58.6 Å². The first-order valence-corrected chi connectivity index (χ1v) is 7.64. The molecule has 0 spiro atoms. The molecule has 0 amide bonds. The zero-order chi connectivity index (χ0) is 14.6. The molecule has 1 N–H and O–H groups in total. The number of hydrogen-bond acceptors (Lipinski definition) is 3. The molecule has 3 nitrogen and oxygen atoms in total. The Morgan fingerprint density at radius 3 is 2.40 bits per heavy atom. The van der Waals surface area contributed by atoms with Gasteiger partial charge in [0.05, 0.1) is 0 Å². The quantitative estimate of drug-likeness (QED) is 0.824.